The zero-order valence-corrected chi connectivity index (χ0v) is 14.7. The van der Waals surface area contributed by atoms with Crippen molar-refractivity contribution in [3.63, 3.8) is 0 Å². The van der Waals surface area contributed by atoms with E-state index in [1.54, 1.807) is 18.2 Å². The molecule has 0 aromatic heterocycles. The zero-order chi connectivity index (χ0) is 17.5. The lowest BCUT2D eigenvalue weighted by Crippen LogP contribution is -2.22. The number of hydrogen-bond donors (Lipinski definition) is 0. The maximum Gasteiger partial charge on any atom is 0.242 e. The highest BCUT2D eigenvalue weighted by atomic mass is 32.2. The molecule has 0 N–H and O–H groups in total. The molecular formula is C19H18N2O2S. The molecule has 0 radical (unpaired) electrons. The van der Waals surface area contributed by atoms with E-state index in [9.17, 15) is 8.42 Å². The van der Waals surface area contributed by atoms with Crippen LogP contribution in [-0.4, -0.2) is 26.8 Å². The molecule has 4 nitrogen and oxygen atoms in total. The second-order valence-corrected chi connectivity index (χ2v) is 8.28. The Hall–Kier alpha value is -2.42. The molecule has 1 aliphatic carbocycles. The average molecular weight is 338 g/mol. The van der Waals surface area contributed by atoms with Gasteiger partial charge in [0.05, 0.1) is 16.5 Å². The number of rotatable bonds is 3. The second kappa shape index (κ2) is 5.90. The van der Waals surface area contributed by atoms with Gasteiger partial charge in [0.25, 0.3) is 0 Å². The molecule has 0 bridgehead atoms. The van der Waals surface area contributed by atoms with Gasteiger partial charge in [0.1, 0.15) is 0 Å². The van der Waals surface area contributed by atoms with E-state index in [0.717, 1.165) is 23.1 Å². The summed E-state index contributed by atoms with van der Waals surface area (Å²) in [6.07, 6.45) is 0.820. The average Bonchev–Trinajstić information content (AvgIpc) is 2.89. The number of allylic oxidation sites excluding steroid dienone is 1. The summed E-state index contributed by atoms with van der Waals surface area (Å²) in [4.78, 5) is 0.273. The molecule has 24 heavy (non-hydrogen) atoms. The van der Waals surface area contributed by atoms with Gasteiger partial charge in [0, 0.05) is 14.1 Å². The van der Waals surface area contributed by atoms with Crippen LogP contribution in [-0.2, 0) is 16.4 Å². The summed E-state index contributed by atoms with van der Waals surface area (Å²) in [5.74, 6) is 0. The minimum absolute atomic E-state index is 0.273. The molecule has 0 saturated heterocycles. The van der Waals surface area contributed by atoms with Gasteiger partial charge in [0.2, 0.25) is 10.0 Å². The van der Waals surface area contributed by atoms with Crippen LogP contribution in [0.25, 0.3) is 5.57 Å². The molecule has 0 saturated carbocycles. The van der Waals surface area contributed by atoms with Crippen LogP contribution in [0.3, 0.4) is 0 Å². The van der Waals surface area contributed by atoms with Crippen LogP contribution in [0, 0.1) is 11.3 Å². The van der Waals surface area contributed by atoms with E-state index in [-0.39, 0.29) is 4.90 Å². The van der Waals surface area contributed by atoms with Crippen molar-refractivity contribution in [1.82, 2.24) is 4.31 Å². The van der Waals surface area contributed by atoms with Gasteiger partial charge in [-0.05, 0) is 59.9 Å². The fourth-order valence-electron chi connectivity index (χ4n) is 3.06. The number of hydrogen-bond acceptors (Lipinski definition) is 3. The normalized spacial score (nSPS) is 14.0. The quantitative estimate of drug-likeness (QED) is 0.863. The predicted molar refractivity (Wildman–Crippen MR) is 93.9 cm³/mol. The van der Waals surface area contributed by atoms with Gasteiger partial charge in [-0.3, -0.25) is 0 Å². The van der Waals surface area contributed by atoms with Gasteiger partial charge in [-0.25, -0.2) is 12.7 Å². The molecule has 2 aromatic rings. The highest BCUT2D eigenvalue weighted by Crippen LogP contribution is 2.38. The van der Waals surface area contributed by atoms with Crippen LogP contribution in [0.2, 0.25) is 0 Å². The smallest absolute Gasteiger partial charge is 0.207 e. The van der Waals surface area contributed by atoms with Crippen LogP contribution in [0.5, 0.6) is 0 Å². The number of nitriles is 1. The lowest BCUT2D eigenvalue weighted by Gasteiger charge is -2.14. The molecule has 0 fully saturated rings. The van der Waals surface area contributed by atoms with Gasteiger partial charge >= 0.3 is 0 Å². The summed E-state index contributed by atoms with van der Waals surface area (Å²) in [5.41, 5.74) is 5.87. The molecule has 5 heteroatoms. The molecular weight excluding hydrogens is 320 g/mol. The van der Waals surface area contributed by atoms with E-state index in [0.29, 0.717) is 5.56 Å². The largest absolute Gasteiger partial charge is 0.242 e. The molecule has 0 spiro atoms. The molecule has 0 amide bonds. The highest BCUT2D eigenvalue weighted by Gasteiger charge is 2.23. The minimum Gasteiger partial charge on any atom is -0.207 e. The third kappa shape index (κ3) is 2.64. The lowest BCUT2D eigenvalue weighted by atomic mass is 9.96. The first-order valence-electron chi connectivity index (χ1n) is 7.60. The number of nitrogens with zero attached hydrogens (tertiary/aromatic N) is 2. The first-order chi connectivity index (χ1) is 11.3. The SMILES string of the molecule is CC1=C(c2cccc(S(=O)(=O)N(C)C)c2)c2cc(C#N)ccc2C1. The van der Waals surface area contributed by atoms with Crippen molar-refractivity contribution in [1.29, 1.82) is 5.26 Å². The van der Waals surface area contributed by atoms with Gasteiger partial charge in [0.15, 0.2) is 0 Å². The van der Waals surface area contributed by atoms with Crippen LogP contribution in [0.4, 0.5) is 0 Å². The third-order valence-electron chi connectivity index (χ3n) is 4.29. The minimum atomic E-state index is -3.48. The number of fused-ring (bicyclic) bond motifs is 1. The Morgan fingerprint density at radius 3 is 2.54 bits per heavy atom. The molecule has 1 aliphatic rings. The summed E-state index contributed by atoms with van der Waals surface area (Å²) in [7, 11) is -0.429. The number of benzene rings is 2. The Bertz CT molecular complexity index is 996. The van der Waals surface area contributed by atoms with Crippen molar-refractivity contribution >= 4 is 15.6 Å². The van der Waals surface area contributed by atoms with Crippen molar-refractivity contribution in [2.24, 2.45) is 0 Å². The lowest BCUT2D eigenvalue weighted by molar-refractivity contribution is 0.520. The highest BCUT2D eigenvalue weighted by molar-refractivity contribution is 7.89. The van der Waals surface area contributed by atoms with E-state index in [4.69, 9.17) is 5.26 Å². The van der Waals surface area contributed by atoms with Gasteiger partial charge < -0.3 is 0 Å². The molecule has 0 heterocycles. The fourth-order valence-corrected chi connectivity index (χ4v) is 4.01. The van der Waals surface area contributed by atoms with E-state index in [1.807, 2.05) is 24.3 Å². The summed E-state index contributed by atoms with van der Waals surface area (Å²) >= 11 is 0. The van der Waals surface area contributed by atoms with E-state index < -0.39 is 10.0 Å². The first-order valence-corrected chi connectivity index (χ1v) is 9.04. The monoisotopic (exact) mass is 338 g/mol. The summed E-state index contributed by atoms with van der Waals surface area (Å²) in [5, 5.41) is 9.15. The summed E-state index contributed by atoms with van der Waals surface area (Å²) in [6.45, 7) is 2.05. The molecule has 0 unspecified atom stereocenters. The predicted octanol–water partition coefficient (Wildman–Crippen LogP) is 3.19. The van der Waals surface area contributed by atoms with Crippen LogP contribution < -0.4 is 0 Å². The summed E-state index contributed by atoms with van der Waals surface area (Å²) in [6, 6.07) is 14.8. The van der Waals surface area contributed by atoms with E-state index in [2.05, 4.69) is 13.0 Å². The van der Waals surface area contributed by atoms with Crippen molar-refractivity contribution in [3.8, 4) is 6.07 Å². The molecule has 122 valence electrons. The van der Waals surface area contributed by atoms with Crippen LogP contribution in [0.1, 0.15) is 29.2 Å². The zero-order valence-electron chi connectivity index (χ0n) is 13.9. The summed E-state index contributed by atoms with van der Waals surface area (Å²) < 4.78 is 26.0. The Morgan fingerprint density at radius 2 is 1.88 bits per heavy atom. The molecule has 0 atom stereocenters. The van der Waals surface area contributed by atoms with Crippen LogP contribution in [0.15, 0.2) is 52.9 Å². The van der Waals surface area contributed by atoms with Gasteiger partial charge in [-0.2, -0.15) is 5.26 Å². The molecule has 0 aliphatic heterocycles. The number of sulfonamides is 1. The van der Waals surface area contributed by atoms with Crippen molar-refractivity contribution < 1.29 is 8.42 Å². The van der Waals surface area contributed by atoms with Gasteiger partial charge in [-0.1, -0.05) is 23.8 Å². The third-order valence-corrected chi connectivity index (χ3v) is 6.10. The molecule has 2 aromatic carbocycles. The Labute approximate surface area is 142 Å². The van der Waals surface area contributed by atoms with Crippen molar-refractivity contribution in [3.05, 3.63) is 70.3 Å². The fraction of sp³-hybridized carbons (Fsp3) is 0.211. The maximum atomic E-state index is 12.4. The van der Waals surface area contributed by atoms with Gasteiger partial charge in [-0.15, -0.1) is 0 Å². The van der Waals surface area contributed by atoms with Crippen molar-refractivity contribution in [2.75, 3.05) is 14.1 Å². The first kappa shape index (κ1) is 16.4. The molecule has 3 rings (SSSR count). The topological polar surface area (TPSA) is 61.2 Å². The van der Waals surface area contributed by atoms with Crippen LogP contribution >= 0.6 is 0 Å². The second-order valence-electron chi connectivity index (χ2n) is 6.13. The maximum absolute atomic E-state index is 12.4. The Kier molecular flexibility index (Phi) is 4.04. The Morgan fingerprint density at radius 1 is 1.12 bits per heavy atom. The van der Waals surface area contributed by atoms with E-state index >= 15 is 0 Å². The standard InChI is InChI=1S/C19H18N2O2S/c1-13-9-15-8-7-14(12-20)10-18(15)19(13)16-5-4-6-17(11-16)24(22,23)21(2)3/h4-8,10-11H,9H2,1-3H3. The Balaban J connectivity index is 2.16. The van der Waals surface area contributed by atoms with E-state index in [1.165, 1.54) is 29.5 Å². The van der Waals surface area contributed by atoms with Crippen molar-refractivity contribution in [2.45, 2.75) is 18.2 Å².